The Morgan fingerprint density at radius 2 is 1.50 bits per heavy atom. The van der Waals surface area contributed by atoms with Crippen LogP contribution in [0.4, 0.5) is 0 Å². The largest absolute Gasteiger partial charge is 2.00 e. The van der Waals surface area contributed by atoms with Crippen LogP contribution < -0.4 is 52.2 Å². The minimum atomic E-state index is -1.08. The van der Waals surface area contributed by atoms with E-state index in [0.29, 0.717) is 0 Å². The predicted molar refractivity (Wildman–Crippen MR) is 27.0 cm³/mol. The van der Waals surface area contributed by atoms with Crippen molar-refractivity contribution in [2.45, 2.75) is 13.8 Å². The van der Waals surface area contributed by atoms with E-state index in [1.165, 1.54) is 0 Å². The first-order valence-electron chi connectivity index (χ1n) is 1.90. The van der Waals surface area contributed by atoms with E-state index >= 15 is 0 Å². The first kappa shape index (κ1) is 29.6. The van der Waals surface area contributed by atoms with Gasteiger partial charge >= 0.3 is 67.3 Å². The van der Waals surface area contributed by atoms with E-state index in [2.05, 4.69) is 0 Å². The zero-order valence-electron chi connectivity index (χ0n) is 6.52. The molecule has 0 aromatic heterocycles. The van der Waals surface area contributed by atoms with Gasteiger partial charge in [0.25, 0.3) is 0 Å². The molecule has 0 bridgehead atoms. The van der Waals surface area contributed by atoms with E-state index in [-0.39, 0.29) is 86.3 Å². The number of aliphatic carboxylic acids is 1. The van der Waals surface area contributed by atoms with E-state index in [9.17, 15) is 0 Å². The standard InChI is InChI=1S/C2H4O2.C2H5O.Ca.ClH.Na/c1-2(3)4;1-2-3;;;/h1H3,(H,3,4);2H2,1H3;;1H;/q;-1;+2;;+1/p-2. The van der Waals surface area contributed by atoms with E-state index < -0.39 is 5.97 Å². The monoisotopic (exact) mass is 202 g/mol. The van der Waals surface area contributed by atoms with Gasteiger partial charge in [-0.3, -0.25) is 0 Å². The Labute approximate surface area is 119 Å². The van der Waals surface area contributed by atoms with E-state index in [1.807, 2.05) is 0 Å². The van der Waals surface area contributed by atoms with Crippen LogP contribution in [0.2, 0.25) is 0 Å². The summed E-state index contributed by atoms with van der Waals surface area (Å²) in [6.07, 6.45) is 0. The van der Waals surface area contributed by atoms with Crippen LogP contribution >= 0.6 is 0 Å². The number of carbonyl (C=O) groups is 1. The third kappa shape index (κ3) is 205. The second-order valence-corrected chi connectivity index (χ2v) is 0.780. The van der Waals surface area contributed by atoms with Crippen molar-refractivity contribution in [1.82, 2.24) is 0 Å². The number of rotatable bonds is 0. The van der Waals surface area contributed by atoms with Gasteiger partial charge in [-0.2, -0.15) is 0 Å². The zero-order chi connectivity index (χ0) is 6.28. The molecule has 0 aromatic rings. The SMILES string of the molecule is CC(=O)[O-].CC[O-].[Ca+2].[Cl-].[Na+]. The molecule has 0 aliphatic rings. The Hall–Kier alpha value is 1.98. The quantitative estimate of drug-likeness (QED) is 0.367. The minimum Gasteiger partial charge on any atom is -1.00 e. The molecule has 0 spiro atoms. The third-order valence-electron chi connectivity index (χ3n) is 0. The molecule has 10 heavy (non-hydrogen) atoms. The molecule has 0 amide bonds. The summed E-state index contributed by atoms with van der Waals surface area (Å²) in [4.78, 5) is 8.89. The molecule has 0 fully saturated rings. The number of carbonyl (C=O) groups excluding carboxylic acids is 1. The summed E-state index contributed by atoms with van der Waals surface area (Å²) in [6.45, 7) is 2.54. The van der Waals surface area contributed by atoms with Crippen LogP contribution in [0, 0.1) is 0 Å². The number of carboxylic acid groups (broad SMARTS) is 1. The molecule has 0 aromatic carbocycles. The Balaban J connectivity index is -0.0000000131. The molecule has 0 unspecified atom stereocenters. The molecule has 0 aliphatic heterocycles. The van der Waals surface area contributed by atoms with Crippen molar-refractivity contribution in [3.8, 4) is 0 Å². The molecule has 0 saturated heterocycles. The van der Waals surface area contributed by atoms with Gasteiger partial charge in [-0.1, -0.05) is 6.92 Å². The normalized spacial score (nSPS) is 4.30. The smallest absolute Gasteiger partial charge is 1.00 e. The maximum absolute atomic E-state index is 8.93. The summed E-state index contributed by atoms with van der Waals surface area (Å²) in [7, 11) is 0. The zero-order valence-corrected chi connectivity index (χ0v) is 11.5. The predicted octanol–water partition coefficient (Wildman–Crippen LogP) is -8.25. The molecule has 0 rings (SSSR count). The Morgan fingerprint density at radius 1 is 1.50 bits per heavy atom. The number of halogens is 1. The van der Waals surface area contributed by atoms with Crippen molar-refractivity contribution in [1.29, 1.82) is 0 Å². The van der Waals surface area contributed by atoms with Crippen LogP contribution in [-0.4, -0.2) is 50.3 Å². The fourth-order valence-electron chi connectivity index (χ4n) is 0. The van der Waals surface area contributed by atoms with Crippen molar-refractivity contribution in [3.05, 3.63) is 0 Å². The van der Waals surface area contributed by atoms with E-state index in [0.717, 1.165) is 6.92 Å². The average Bonchev–Trinajstić information content (AvgIpc) is 1.33. The van der Waals surface area contributed by atoms with Gasteiger partial charge in [-0.05, 0) is 6.92 Å². The molecular formula is C4H8CaClNaO3. The molecule has 3 nitrogen and oxygen atoms in total. The Morgan fingerprint density at radius 3 is 1.50 bits per heavy atom. The topological polar surface area (TPSA) is 63.2 Å². The average molecular weight is 203 g/mol. The van der Waals surface area contributed by atoms with E-state index in [1.54, 1.807) is 6.92 Å². The summed E-state index contributed by atoms with van der Waals surface area (Å²) in [5, 5.41) is 17.8. The first-order valence-corrected chi connectivity index (χ1v) is 1.90. The summed E-state index contributed by atoms with van der Waals surface area (Å²) in [5.41, 5.74) is 0. The second kappa shape index (κ2) is 30.6. The first-order chi connectivity index (χ1) is 3.15. The van der Waals surface area contributed by atoms with Gasteiger partial charge in [-0.15, -0.1) is 6.61 Å². The number of hydrogen-bond acceptors (Lipinski definition) is 3. The van der Waals surface area contributed by atoms with Gasteiger partial charge in [-0.25, -0.2) is 0 Å². The molecular weight excluding hydrogens is 195 g/mol. The summed E-state index contributed by atoms with van der Waals surface area (Å²) in [5.74, 6) is -1.08. The third-order valence-corrected chi connectivity index (χ3v) is 0. The maximum Gasteiger partial charge on any atom is 2.00 e. The van der Waals surface area contributed by atoms with Crippen LogP contribution in [0.25, 0.3) is 0 Å². The van der Waals surface area contributed by atoms with Gasteiger partial charge in [0, 0.05) is 5.97 Å². The van der Waals surface area contributed by atoms with Crippen LogP contribution in [0.3, 0.4) is 0 Å². The number of hydrogen-bond donors (Lipinski definition) is 0. The van der Waals surface area contributed by atoms with E-state index in [4.69, 9.17) is 15.0 Å². The molecule has 52 valence electrons. The van der Waals surface area contributed by atoms with Crippen molar-refractivity contribution in [2.75, 3.05) is 6.61 Å². The van der Waals surface area contributed by atoms with Gasteiger partial charge < -0.3 is 27.4 Å². The number of carboxylic acids is 1. The van der Waals surface area contributed by atoms with Crippen molar-refractivity contribution >= 4 is 43.7 Å². The van der Waals surface area contributed by atoms with Gasteiger partial charge in [0.1, 0.15) is 0 Å². The van der Waals surface area contributed by atoms with Gasteiger partial charge in [0.05, 0.1) is 0 Å². The molecule has 0 radical (unpaired) electrons. The van der Waals surface area contributed by atoms with Gasteiger partial charge in [0.15, 0.2) is 0 Å². The van der Waals surface area contributed by atoms with Crippen LogP contribution in [0.15, 0.2) is 0 Å². The summed E-state index contributed by atoms with van der Waals surface area (Å²) >= 11 is 0. The fraction of sp³-hybridized carbons (Fsp3) is 0.750. The second-order valence-electron chi connectivity index (χ2n) is 0.780. The molecule has 0 N–H and O–H groups in total. The maximum atomic E-state index is 8.93. The van der Waals surface area contributed by atoms with Crippen molar-refractivity contribution in [3.63, 3.8) is 0 Å². The molecule has 0 atom stereocenters. The van der Waals surface area contributed by atoms with Crippen molar-refractivity contribution < 1.29 is 57.0 Å². The summed E-state index contributed by atoms with van der Waals surface area (Å²) < 4.78 is 0. The Kier molecular flexibility index (Phi) is 90.7. The fourth-order valence-corrected chi connectivity index (χ4v) is 0. The minimum absolute atomic E-state index is 0. The molecule has 6 heteroatoms. The molecule has 0 aliphatic carbocycles. The van der Waals surface area contributed by atoms with Crippen LogP contribution in [0.5, 0.6) is 0 Å². The molecule has 0 heterocycles. The van der Waals surface area contributed by atoms with Crippen molar-refractivity contribution in [2.24, 2.45) is 0 Å². The van der Waals surface area contributed by atoms with Crippen LogP contribution in [0.1, 0.15) is 13.8 Å². The molecule has 0 saturated carbocycles. The van der Waals surface area contributed by atoms with Crippen LogP contribution in [-0.2, 0) is 4.79 Å². The summed E-state index contributed by atoms with van der Waals surface area (Å²) in [6, 6.07) is 0. The van der Waals surface area contributed by atoms with Gasteiger partial charge in [0.2, 0.25) is 0 Å². The Bertz CT molecular complexity index is 51.8.